The molecule has 1 saturated heterocycles. The largest absolute Gasteiger partial charge is 0.360 e. The molecule has 2 aromatic carbocycles. The lowest BCUT2D eigenvalue weighted by Crippen LogP contribution is -3.16. The lowest BCUT2D eigenvalue weighted by atomic mass is 10.1. The summed E-state index contributed by atoms with van der Waals surface area (Å²) in [7, 11) is 0. The SMILES string of the molecule is Cc1ccc(Cl)cc1N1CC[NH+](CC(=O)NCC(=O)Nc2c(C)cccc2C)CC1. The van der Waals surface area contributed by atoms with Gasteiger partial charge in [-0.15, -0.1) is 0 Å². The molecule has 1 fully saturated rings. The van der Waals surface area contributed by atoms with Gasteiger partial charge in [-0.05, 0) is 49.6 Å². The number of hydrogen-bond donors (Lipinski definition) is 3. The molecule has 0 spiro atoms. The highest BCUT2D eigenvalue weighted by atomic mass is 35.5. The first kappa shape index (κ1) is 22.1. The van der Waals surface area contributed by atoms with Crippen LogP contribution in [-0.2, 0) is 9.59 Å². The molecule has 1 aliphatic rings. The Morgan fingerprint density at radius 2 is 1.67 bits per heavy atom. The van der Waals surface area contributed by atoms with Crippen molar-refractivity contribution in [3.8, 4) is 0 Å². The number of nitrogens with one attached hydrogen (secondary N) is 3. The average molecular weight is 430 g/mol. The zero-order valence-corrected chi connectivity index (χ0v) is 18.6. The Kier molecular flexibility index (Phi) is 7.34. The van der Waals surface area contributed by atoms with Gasteiger partial charge in [0.2, 0.25) is 5.91 Å². The summed E-state index contributed by atoms with van der Waals surface area (Å²) in [5.74, 6) is -0.314. The van der Waals surface area contributed by atoms with Gasteiger partial charge in [0.1, 0.15) is 0 Å². The number of hydrogen-bond acceptors (Lipinski definition) is 3. The maximum absolute atomic E-state index is 12.3. The molecule has 0 aromatic heterocycles. The summed E-state index contributed by atoms with van der Waals surface area (Å²) >= 11 is 6.14. The van der Waals surface area contributed by atoms with Crippen molar-refractivity contribution in [2.45, 2.75) is 20.8 Å². The number of piperazine rings is 1. The average Bonchev–Trinajstić information content (AvgIpc) is 2.72. The Morgan fingerprint density at radius 1 is 1.00 bits per heavy atom. The Hall–Kier alpha value is -2.57. The van der Waals surface area contributed by atoms with Crippen LogP contribution in [0.15, 0.2) is 36.4 Å². The van der Waals surface area contributed by atoms with Crippen LogP contribution in [0.3, 0.4) is 0 Å². The summed E-state index contributed by atoms with van der Waals surface area (Å²) in [5, 5.41) is 6.38. The van der Waals surface area contributed by atoms with Gasteiger partial charge in [0.25, 0.3) is 5.91 Å². The lowest BCUT2D eigenvalue weighted by molar-refractivity contribution is -0.892. The monoisotopic (exact) mass is 429 g/mol. The van der Waals surface area contributed by atoms with Crippen LogP contribution in [-0.4, -0.2) is 51.1 Å². The van der Waals surface area contributed by atoms with E-state index < -0.39 is 0 Å². The Bertz CT molecular complexity index is 903. The zero-order chi connectivity index (χ0) is 21.7. The van der Waals surface area contributed by atoms with Crippen molar-refractivity contribution in [1.82, 2.24) is 5.32 Å². The summed E-state index contributed by atoms with van der Waals surface area (Å²) in [5.41, 5.74) is 5.19. The fourth-order valence-corrected chi connectivity index (χ4v) is 3.99. The molecule has 0 aliphatic carbocycles. The van der Waals surface area contributed by atoms with Gasteiger partial charge in [-0.1, -0.05) is 35.9 Å². The third kappa shape index (κ3) is 5.74. The van der Waals surface area contributed by atoms with Crippen molar-refractivity contribution >= 4 is 34.8 Å². The second-order valence-corrected chi connectivity index (χ2v) is 8.37. The maximum Gasteiger partial charge on any atom is 0.275 e. The highest BCUT2D eigenvalue weighted by Crippen LogP contribution is 2.24. The fraction of sp³-hybridized carbons (Fsp3) is 0.391. The van der Waals surface area contributed by atoms with Crippen LogP contribution >= 0.6 is 11.6 Å². The van der Waals surface area contributed by atoms with Crippen LogP contribution in [0.25, 0.3) is 0 Å². The number of carbonyl (C=O) groups excluding carboxylic acids is 2. The Labute approximate surface area is 183 Å². The molecular formula is C23H30ClN4O2+. The second kappa shape index (κ2) is 9.96. The molecule has 7 heteroatoms. The van der Waals surface area contributed by atoms with E-state index >= 15 is 0 Å². The van der Waals surface area contributed by atoms with E-state index in [-0.39, 0.29) is 18.4 Å². The fourth-order valence-electron chi connectivity index (χ4n) is 3.83. The van der Waals surface area contributed by atoms with Crippen molar-refractivity contribution < 1.29 is 14.5 Å². The number of amides is 2. The number of rotatable bonds is 6. The number of carbonyl (C=O) groups is 2. The normalized spacial score (nSPS) is 14.5. The summed E-state index contributed by atoms with van der Waals surface area (Å²) in [6.45, 7) is 9.83. The van der Waals surface area contributed by atoms with Crippen LogP contribution in [0.2, 0.25) is 5.02 Å². The first-order valence-electron chi connectivity index (χ1n) is 10.3. The molecule has 30 heavy (non-hydrogen) atoms. The zero-order valence-electron chi connectivity index (χ0n) is 17.8. The molecule has 160 valence electrons. The lowest BCUT2D eigenvalue weighted by Gasteiger charge is -2.34. The van der Waals surface area contributed by atoms with E-state index in [2.05, 4.69) is 22.5 Å². The highest BCUT2D eigenvalue weighted by molar-refractivity contribution is 6.30. The third-order valence-electron chi connectivity index (χ3n) is 5.58. The molecule has 3 rings (SSSR count). The number of nitrogens with zero attached hydrogens (tertiary/aromatic N) is 1. The van der Waals surface area contributed by atoms with E-state index in [9.17, 15) is 9.59 Å². The number of aryl methyl sites for hydroxylation is 3. The molecule has 1 heterocycles. The third-order valence-corrected chi connectivity index (χ3v) is 5.82. The summed E-state index contributed by atoms with van der Waals surface area (Å²) in [6, 6.07) is 11.8. The molecule has 2 aromatic rings. The molecular weight excluding hydrogens is 400 g/mol. The van der Waals surface area contributed by atoms with Gasteiger partial charge in [-0.2, -0.15) is 0 Å². The van der Waals surface area contributed by atoms with Gasteiger partial charge in [0.05, 0.1) is 32.7 Å². The molecule has 0 bridgehead atoms. The topological polar surface area (TPSA) is 65.9 Å². The van der Waals surface area contributed by atoms with E-state index in [0.717, 1.165) is 53.7 Å². The van der Waals surface area contributed by atoms with Crippen molar-refractivity contribution in [1.29, 1.82) is 0 Å². The van der Waals surface area contributed by atoms with Gasteiger partial charge in [-0.3, -0.25) is 9.59 Å². The smallest absolute Gasteiger partial charge is 0.275 e. The molecule has 2 amide bonds. The number of halogens is 1. The van der Waals surface area contributed by atoms with Gasteiger partial charge in [-0.25, -0.2) is 0 Å². The van der Waals surface area contributed by atoms with Crippen molar-refractivity contribution in [3.05, 3.63) is 58.1 Å². The van der Waals surface area contributed by atoms with Gasteiger partial charge < -0.3 is 20.4 Å². The molecule has 6 nitrogen and oxygen atoms in total. The molecule has 0 saturated carbocycles. The van der Waals surface area contributed by atoms with Crippen molar-refractivity contribution in [2.24, 2.45) is 0 Å². The van der Waals surface area contributed by atoms with Crippen LogP contribution in [0, 0.1) is 20.8 Å². The van der Waals surface area contributed by atoms with Gasteiger partial charge >= 0.3 is 0 Å². The minimum absolute atomic E-state index is 0.0201. The van der Waals surface area contributed by atoms with E-state index in [4.69, 9.17) is 11.6 Å². The Morgan fingerprint density at radius 3 is 2.33 bits per heavy atom. The Balaban J connectivity index is 1.43. The molecule has 0 radical (unpaired) electrons. The number of para-hydroxylation sites is 1. The van der Waals surface area contributed by atoms with Crippen LogP contribution < -0.4 is 20.4 Å². The first-order valence-corrected chi connectivity index (χ1v) is 10.7. The van der Waals surface area contributed by atoms with Crippen molar-refractivity contribution in [3.63, 3.8) is 0 Å². The van der Waals surface area contributed by atoms with E-state index in [0.29, 0.717) is 6.54 Å². The van der Waals surface area contributed by atoms with Crippen LogP contribution in [0.1, 0.15) is 16.7 Å². The van der Waals surface area contributed by atoms with Crippen molar-refractivity contribution in [2.75, 3.05) is 49.5 Å². The van der Waals surface area contributed by atoms with Gasteiger partial charge in [0, 0.05) is 16.4 Å². The van der Waals surface area contributed by atoms with E-state index in [1.165, 1.54) is 10.5 Å². The first-order chi connectivity index (χ1) is 14.3. The number of quaternary nitrogens is 1. The second-order valence-electron chi connectivity index (χ2n) is 7.94. The predicted molar refractivity (Wildman–Crippen MR) is 122 cm³/mol. The molecule has 3 N–H and O–H groups in total. The van der Waals surface area contributed by atoms with Gasteiger partial charge in [0.15, 0.2) is 6.54 Å². The number of benzene rings is 2. The summed E-state index contributed by atoms with van der Waals surface area (Å²) < 4.78 is 0. The predicted octanol–water partition coefficient (Wildman–Crippen LogP) is 1.73. The summed E-state index contributed by atoms with van der Waals surface area (Å²) in [4.78, 5) is 28.1. The van der Waals surface area contributed by atoms with E-state index in [1.807, 2.05) is 50.2 Å². The number of anilines is 2. The standard InChI is InChI=1S/C23H29ClN4O2/c1-16-7-8-19(24)13-20(16)28-11-9-27(10-12-28)15-22(30)25-14-21(29)26-23-17(2)5-4-6-18(23)3/h4-8,13H,9-12,14-15H2,1-3H3,(H,25,30)(H,26,29)/p+1. The molecule has 1 aliphatic heterocycles. The highest BCUT2D eigenvalue weighted by Gasteiger charge is 2.23. The minimum atomic E-state index is -0.211. The van der Waals surface area contributed by atoms with E-state index in [1.54, 1.807) is 0 Å². The summed E-state index contributed by atoms with van der Waals surface area (Å²) in [6.07, 6.45) is 0. The maximum atomic E-state index is 12.3. The van der Waals surface area contributed by atoms with Crippen LogP contribution in [0.4, 0.5) is 11.4 Å². The molecule has 0 atom stereocenters. The van der Waals surface area contributed by atoms with Crippen LogP contribution in [0.5, 0.6) is 0 Å². The molecule has 0 unspecified atom stereocenters. The quantitative estimate of drug-likeness (QED) is 0.655. The minimum Gasteiger partial charge on any atom is -0.360 e.